The maximum atomic E-state index is 13.4. The molecule has 2 aromatic rings. The van der Waals surface area contributed by atoms with Crippen LogP contribution in [0.2, 0.25) is 5.02 Å². The van der Waals surface area contributed by atoms with E-state index in [2.05, 4.69) is 0 Å². The van der Waals surface area contributed by atoms with Crippen LogP contribution >= 0.6 is 11.6 Å². The molecule has 1 nitrogen and oxygen atoms in total. The molecule has 0 aliphatic heterocycles. The summed E-state index contributed by atoms with van der Waals surface area (Å²) in [4.78, 5) is 12.0. The number of benzene rings is 2. The average Bonchev–Trinajstić information content (AvgIpc) is 2.37. The zero-order chi connectivity index (χ0) is 14.9. The van der Waals surface area contributed by atoms with Crippen LogP contribution in [0.1, 0.15) is 21.5 Å². The largest absolute Gasteiger partial charge is 0.419 e. The fraction of sp³-hybridized carbons (Fsp3) is 0.0714. The van der Waals surface area contributed by atoms with Crippen molar-refractivity contribution < 1.29 is 22.4 Å². The SMILES string of the molecule is O=C(c1ccc(Cl)cc1)c1ccc(C(F)(F)F)c(F)c1. The molecule has 6 heteroatoms. The van der Waals surface area contributed by atoms with E-state index in [0.29, 0.717) is 17.2 Å². The highest BCUT2D eigenvalue weighted by molar-refractivity contribution is 6.30. The van der Waals surface area contributed by atoms with Gasteiger partial charge in [-0.3, -0.25) is 4.79 Å². The first kappa shape index (κ1) is 14.5. The van der Waals surface area contributed by atoms with E-state index < -0.39 is 23.3 Å². The molecule has 0 unspecified atom stereocenters. The van der Waals surface area contributed by atoms with Gasteiger partial charge in [-0.2, -0.15) is 13.2 Å². The van der Waals surface area contributed by atoms with E-state index in [-0.39, 0.29) is 11.1 Å². The minimum atomic E-state index is -4.79. The number of carbonyl (C=O) groups is 1. The first-order chi connectivity index (χ1) is 9.29. The Balaban J connectivity index is 2.37. The van der Waals surface area contributed by atoms with Gasteiger partial charge in [0.05, 0.1) is 5.56 Å². The third kappa shape index (κ3) is 2.99. The molecular weight excluding hydrogens is 296 g/mol. The zero-order valence-corrected chi connectivity index (χ0v) is 10.6. The first-order valence-electron chi connectivity index (χ1n) is 5.46. The van der Waals surface area contributed by atoms with Gasteiger partial charge in [-0.1, -0.05) is 17.7 Å². The lowest BCUT2D eigenvalue weighted by Crippen LogP contribution is -2.10. The zero-order valence-electron chi connectivity index (χ0n) is 9.84. The number of halogens is 5. The van der Waals surface area contributed by atoms with Crippen molar-refractivity contribution in [3.8, 4) is 0 Å². The van der Waals surface area contributed by atoms with Crippen molar-refractivity contribution in [1.82, 2.24) is 0 Å². The van der Waals surface area contributed by atoms with Crippen LogP contribution in [-0.2, 0) is 6.18 Å². The molecule has 104 valence electrons. The molecule has 20 heavy (non-hydrogen) atoms. The number of alkyl halides is 3. The topological polar surface area (TPSA) is 17.1 Å². The fourth-order valence-corrected chi connectivity index (χ4v) is 1.78. The van der Waals surface area contributed by atoms with Crippen LogP contribution in [0.5, 0.6) is 0 Å². The summed E-state index contributed by atoms with van der Waals surface area (Å²) < 4.78 is 50.6. The second kappa shape index (κ2) is 5.25. The molecule has 0 amide bonds. The second-order valence-corrected chi connectivity index (χ2v) is 4.46. The first-order valence-corrected chi connectivity index (χ1v) is 5.84. The monoisotopic (exact) mass is 302 g/mol. The molecule has 0 N–H and O–H groups in total. The van der Waals surface area contributed by atoms with Crippen LogP contribution in [0, 0.1) is 5.82 Å². The van der Waals surface area contributed by atoms with E-state index in [9.17, 15) is 22.4 Å². The van der Waals surface area contributed by atoms with Gasteiger partial charge >= 0.3 is 6.18 Å². The maximum absolute atomic E-state index is 13.4. The summed E-state index contributed by atoms with van der Waals surface area (Å²) in [6.07, 6.45) is -4.79. The van der Waals surface area contributed by atoms with Crippen molar-refractivity contribution in [2.75, 3.05) is 0 Å². The highest BCUT2D eigenvalue weighted by Gasteiger charge is 2.34. The van der Waals surface area contributed by atoms with Crippen molar-refractivity contribution in [3.63, 3.8) is 0 Å². The van der Waals surface area contributed by atoms with E-state index in [4.69, 9.17) is 11.6 Å². The Morgan fingerprint density at radius 3 is 2.00 bits per heavy atom. The lowest BCUT2D eigenvalue weighted by Gasteiger charge is -2.09. The van der Waals surface area contributed by atoms with Crippen LogP contribution in [0.3, 0.4) is 0 Å². The van der Waals surface area contributed by atoms with E-state index in [0.717, 1.165) is 6.07 Å². The van der Waals surface area contributed by atoms with Crippen molar-refractivity contribution in [2.24, 2.45) is 0 Å². The molecule has 0 aromatic heterocycles. The highest BCUT2D eigenvalue weighted by Crippen LogP contribution is 2.31. The minimum Gasteiger partial charge on any atom is -0.289 e. The van der Waals surface area contributed by atoms with Crippen molar-refractivity contribution >= 4 is 17.4 Å². The Labute approximate surface area is 116 Å². The average molecular weight is 303 g/mol. The van der Waals surface area contributed by atoms with Gasteiger partial charge in [0.1, 0.15) is 5.82 Å². The Morgan fingerprint density at radius 1 is 0.950 bits per heavy atom. The predicted octanol–water partition coefficient (Wildman–Crippen LogP) is 4.73. The molecule has 0 saturated carbocycles. The number of ketones is 1. The molecule has 0 heterocycles. The number of hydrogen-bond donors (Lipinski definition) is 0. The summed E-state index contributed by atoms with van der Waals surface area (Å²) in [7, 11) is 0. The van der Waals surface area contributed by atoms with Crippen molar-refractivity contribution in [3.05, 3.63) is 70.0 Å². The third-order valence-electron chi connectivity index (χ3n) is 2.64. The summed E-state index contributed by atoms with van der Waals surface area (Å²) >= 11 is 5.66. The van der Waals surface area contributed by atoms with Gasteiger partial charge < -0.3 is 0 Å². The van der Waals surface area contributed by atoms with Gasteiger partial charge in [0.15, 0.2) is 5.78 Å². The summed E-state index contributed by atoms with van der Waals surface area (Å²) in [5.74, 6) is -2.05. The van der Waals surface area contributed by atoms with Crippen LogP contribution in [0.15, 0.2) is 42.5 Å². The Bertz CT molecular complexity index is 647. The Hall–Kier alpha value is -1.88. The van der Waals surface area contributed by atoms with Gasteiger partial charge in [-0.25, -0.2) is 4.39 Å². The Morgan fingerprint density at radius 2 is 1.50 bits per heavy atom. The molecule has 0 aliphatic rings. The summed E-state index contributed by atoms with van der Waals surface area (Å²) in [5, 5.41) is 0.417. The van der Waals surface area contributed by atoms with Gasteiger partial charge in [0, 0.05) is 16.1 Å². The minimum absolute atomic E-state index is 0.155. The van der Waals surface area contributed by atoms with E-state index in [1.165, 1.54) is 24.3 Å². The van der Waals surface area contributed by atoms with E-state index in [1.54, 1.807) is 0 Å². The number of carbonyl (C=O) groups excluding carboxylic acids is 1. The number of rotatable bonds is 2. The smallest absolute Gasteiger partial charge is 0.289 e. The highest BCUT2D eigenvalue weighted by atomic mass is 35.5. The van der Waals surface area contributed by atoms with Gasteiger partial charge in [-0.05, 0) is 36.4 Å². The second-order valence-electron chi connectivity index (χ2n) is 4.03. The summed E-state index contributed by atoms with van der Waals surface area (Å²) in [6, 6.07) is 7.85. The van der Waals surface area contributed by atoms with Crippen LogP contribution < -0.4 is 0 Å². The molecule has 0 radical (unpaired) electrons. The van der Waals surface area contributed by atoms with Crippen molar-refractivity contribution in [2.45, 2.75) is 6.18 Å². The lowest BCUT2D eigenvalue weighted by atomic mass is 10.0. The molecule has 0 aliphatic carbocycles. The molecule has 0 saturated heterocycles. The summed E-state index contributed by atoms with van der Waals surface area (Å²) in [6.45, 7) is 0. The molecule has 0 atom stereocenters. The normalized spacial score (nSPS) is 11.4. The van der Waals surface area contributed by atoms with Crippen molar-refractivity contribution in [1.29, 1.82) is 0 Å². The Kier molecular flexibility index (Phi) is 3.81. The van der Waals surface area contributed by atoms with E-state index >= 15 is 0 Å². The van der Waals surface area contributed by atoms with E-state index in [1.807, 2.05) is 0 Å². The van der Waals surface area contributed by atoms with Gasteiger partial charge in [0.25, 0.3) is 0 Å². The lowest BCUT2D eigenvalue weighted by molar-refractivity contribution is -0.140. The third-order valence-corrected chi connectivity index (χ3v) is 2.90. The molecule has 2 aromatic carbocycles. The maximum Gasteiger partial charge on any atom is 0.419 e. The molecule has 2 rings (SSSR count). The van der Waals surface area contributed by atoms with Gasteiger partial charge in [-0.15, -0.1) is 0 Å². The molecule has 0 fully saturated rings. The molecular formula is C14H7ClF4O. The predicted molar refractivity (Wildman–Crippen MR) is 66.3 cm³/mol. The molecule has 0 spiro atoms. The summed E-state index contributed by atoms with van der Waals surface area (Å²) in [5.41, 5.74) is -1.34. The quantitative estimate of drug-likeness (QED) is 0.579. The standard InChI is InChI=1S/C14H7ClF4O/c15-10-4-1-8(2-5-10)13(20)9-3-6-11(12(16)7-9)14(17,18)19/h1-7H. The molecule has 0 bridgehead atoms. The van der Waals surface area contributed by atoms with Crippen LogP contribution in [0.4, 0.5) is 17.6 Å². The van der Waals surface area contributed by atoms with Gasteiger partial charge in [0.2, 0.25) is 0 Å². The number of hydrogen-bond acceptors (Lipinski definition) is 1. The van der Waals surface area contributed by atoms with Crippen LogP contribution in [0.25, 0.3) is 0 Å². The van der Waals surface area contributed by atoms with Crippen LogP contribution in [-0.4, -0.2) is 5.78 Å². The fourth-order valence-electron chi connectivity index (χ4n) is 1.65.